The van der Waals surface area contributed by atoms with Gasteiger partial charge in [0.1, 0.15) is 12.1 Å². The highest BCUT2D eigenvalue weighted by Crippen LogP contribution is 2.18. The van der Waals surface area contributed by atoms with Crippen molar-refractivity contribution in [1.82, 2.24) is 5.32 Å². The fraction of sp³-hybridized carbons (Fsp3) is 0.467. The van der Waals surface area contributed by atoms with Crippen molar-refractivity contribution in [3.63, 3.8) is 0 Å². The van der Waals surface area contributed by atoms with Crippen LogP contribution in [0.15, 0.2) is 18.2 Å². The van der Waals surface area contributed by atoms with Crippen LogP contribution in [0.3, 0.4) is 0 Å². The van der Waals surface area contributed by atoms with Crippen LogP contribution in [-0.4, -0.2) is 24.1 Å². The number of rotatable bonds is 3. The molecule has 0 bridgehead atoms. The zero-order valence-electron chi connectivity index (χ0n) is 12.7. The standard InChI is InChI=1S/C15H22N2O3/c1-10-7-6-8-11(2)13(10)17-12(18)9-16-14(19)20-15(3,4)5/h6-8H,9H2,1-5H3,(H,16,19)(H,17,18). The van der Waals surface area contributed by atoms with Crippen LogP contribution in [0.5, 0.6) is 0 Å². The molecule has 5 heteroatoms. The van der Waals surface area contributed by atoms with Crippen molar-refractivity contribution >= 4 is 17.7 Å². The molecule has 0 aliphatic heterocycles. The molecule has 0 radical (unpaired) electrons. The van der Waals surface area contributed by atoms with E-state index in [9.17, 15) is 9.59 Å². The van der Waals surface area contributed by atoms with Crippen molar-refractivity contribution in [2.75, 3.05) is 11.9 Å². The Morgan fingerprint density at radius 2 is 1.70 bits per heavy atom. The molecule has 0 aliphatic rings. The van der Waals surface area contributed by atoms with E-state index < -0.39 is 11.7 Å². The lowest BCUT2D eigenvalue weighted by molar-refractivity contribution is -0.115. The van der Waals surface area contributed by atoms with Crippen molar-refractivity contribution in [2.24, 2.45) is 0 Å². The van der Waals surface area contributed by atoms with Gasteiger partial charge in [-0.1, -0.05) is 18.2 Å². The zero-order valence-corrected chi connectivity index (χ0v) is 12.7. The van der Waals surface area contributed by atoms with E-state index in [0.717, 1.165) is 16.8 Å². The minimum absolute atomic E-state index is 0.122. The van der Waals surface area contributed by atoms with Crippen LogP contribution in [0.4, 0.5) is 10.5 Å². The molecular weight excluding hydrogens is 256 g/mol. The van der Waals surface area contributed by atoms with Gasteiger partial charge in [0, 0.05) is 5.69 Å². The molecule has 0 saturated heterocycles. The number of carbonyl (C=O) groups excluding carboxylic acids is 2. The molecule has 20 heavy (non-hydrogen) atoms. The van der Waals surface area contributed by atoms with Gasteiger partial charge in [-0.15, -0.1) is 0 Å². The lowest BCUT2D eigenvalue weighted by atomic mass is 10.1. The molecular formula is C15H22N2O3. The average Bonchev–Trinajstić information content (AvgIpc) is 2.29. The number of carbonyl (C=O) groups is 2. The lowest BCUT2D eigenvalue weighted by Crippen LogP contribution is -2.37. The van der Waals surface area contributed by atoms with Crippen molar-refractivity contribution in [3.05, 3.63) is 29.3 Å². The summed E-state index contributed by atoms with van der Waals surface area (Å²) < 4.78 is 5.06. The molecule has 0 aliphatic carbocycles. The van der Waals surface area contributed by atoms with E-state index in [2.05, 4.69) is 10.6 Å². The van der Waals surface area contributed by atoms with Gasteiger partial charge < -0.3 is 15.4 Å². The SMILES string of the molecule is Cc1cccc(C)c1NC(=O)CNC(=O)OC(C)(C)C. The maximum atomic E-state index is 11.8. The lowest BCUT2D eigenvalue weighted by Gasteiger charge is -2.19. The summed E-state index contributed by atoms with van der Waals surface area (Å²) in [4.78, 5) is 23.2. The van der Waals surface area contributed by atoms with Gasteiger partial charge in [-0.05, 0) is 45.7 Å². The number of para-hydroxylation sites is 1. The second-order valence-electron chi connectivity index (χ2n) is 5.67. The molecule has 110 valence electrons. The highest BCUT2D eigenvalue weighted by Gasteiger charge is 2.16. The Labute approximate surface area is 119 Å². The summed E-state index contributed by atoms with van der Waals surface area (Å²) in [6.45, 7) is 9.02. The molecule has 1 rings (SSSR count). The molecule has 1 aromatic carbocycles. The van der Waals surface area contributed by atoms with Crippen molar-refractivity contribution in [2.45, 2.75) is 40.2 Å². The molecule has 1 aromatic rings. The number of anilines is 1. The fourth-order valence-electron chi connectivity index (χ4n) is 1.66. The van der Waals surface area contributed by atoms with E-state index in [-0.39, 0.29) is 12.5 Å². The van der Waals surface area contributed by atoms with Gasteiger partial charge in [-0.3, -0.25) is 4.79 Å². The van der Waals surface area contributed by atoms with Crippen LogP contribution < -0.4 is 10.6 Å². The summed E-state index contributed by atoms with van der Waals surface area (Å²) in [6.07, 6.45) is -0.603. The number of hydrogen-bond acceptors (Lipinski definition) is 3. The van der Waals surface area contributed by atoms with Crippen molar-refractivity contribution < 1.29 is 14.3 Å². The first-order valence-electron chi connectivity index (χ1n) is 6.52. The molecule has 0 saturated carbocycles. The van der Waals surface area contributed by atoms with E-state index in [1.54, 1.807) is 20.8 Å². The number of ether oxygens (including phenoxy) is 1. The van der Waals surface area contributed by atoms with Crippen LogP contribution in [0.1, 0.15) is 31.9 Å². The van der Waals surface area contributed by atoms with Gasteiger partial charge >= 0.3 is 6.09 Å². The maximum absolute atomic E-state index is 11.8. The van der Waals surface area contributed by atoms with E-state index in [4.69, 9.17) is 4.74 Å². The number of amides is 2. The first-order chi connectivity index (χ1) is 9.19. The molecule has 2 amide bonds. The van der Waals surface area contributed by atoms with Gasteiger partial charge in [0.05, 0.1) is 0 Å². The summed E-state index contributed by atoms with van der Waals surface area (Å²) in [7, 11) is 0. The third kappa shape index (κ3) is 5.30. The molecule has 5 nitrogen and oxygen atoms in total. The van der Waals surface area contributed by atoms with Crippen LogP contribution in [-0.2, 0) is 9.53 Å². The average molecular weight is 278 g/mol. The number of nitrogens with one attached hydrogen (secondary N) is 2. The molecule has 2 N–H and O–H groups in total. The Kier molecular flexibility index (Phi) is 5.13. The first kappa shape index (κ1) is 16.0. The largest absolute Gasteiger partial charge is 0.444 e. The highest BCUT2D eigenvalue weighted by molar-refractivity contribution is 5.95. The third-order valence-electron chi connectivity index (χ3n) is 2.54. The summed E-state index contributed by atoms with van der Waals surface area (Å²) in [5, 5.41) is 5.21. The summed E-state index contributed by atoms with van der Waals surface area (Å²) in [6, 6.07) is 5.77. The Bertz CT molecular complexity index is 484. The van der Waals surface area contributed by atoms with Crippen molar-refractivity contribution in [3.8, 4) is 0 Å². The monoisotopic (exact) mass is 278 g/mol. The van der Waals surface area contributed by atoms with Gasteiger partial charge in [0.15, 0.2) is 0 Å². The predicted octanol–water partition coefficient (Wildman–Crippen LogP) is 2.77. The van der Waals surface area contributed by atoms with Gasteiger partial charge in [-0.2, -0.15) is 0 Å². The Morgan fingerprint density at radius 3 is 2.20 bits per heavy atom. The quantitative estimate of drug-likeness (QED) is 0.893. The van der Waals surface area contributed by atoms with E-state index in [0.29, 0.717) is 0 Å². The summed E-state index contributed by atoms with van der Waals surface area (Å²) >= 11 is 0. The maximum Gasteiger partial charge on any atom is 0.408 e. The van der Waals surface area contributed by atoms with Crippen LogP contribution in [0, 0.1) is 13.8 Å². The number of aryl methyl sites for hydroxylation is 2. The zero-order chi connectivity index (χ0) is 15.3. The molecule has 0 aromatic heterocycles. The summed E-state index contributed by atoms with van der Waals surface area (Å²) in [5.74, 6) is -0.284. The van der Waals surface area contributed by atoms with E-state index in [1.807, 2.05) is 32.0 Å². The minimum Gasteiger partial charge on any atom is -0.444 e. The normalized spacial score (nSPS) is 10.8. The second kappa shape index (κ2) is 6.41. The molecule has 0 fully saturated rings. The minimum atomic E-state index is -0.603. The molecule has 0 heterocycles. The van der Waals surface area contributed by atoms with Crippen LogP contribution >= 0.6 is 0 Å². The Balaban J connectivity index is 2.51. The third-order valence-corrected chi connectivity index (χ3v) is 2.54. The van der Waals surface area contributed by atoms with E-state index >= 15 is 0 Å². The number of benzene rings is 1. The smallest absolute Gasteiger partial charge is 0.408 e. The number of alkyl carbamates (subject to hydrolysis) is 1. The van der Waals surface area contributed by atoms with Crippen LogP contribution in [0.25, 0.3) is 0 Å². The van der Waals surface area contributed by atoms with Gasteiger partial charge in [0.2, 0.25) is 5.91 Å². The van der Waals surface area contributed by atoms with Gasteiger partial charge in [-0.25, -0.2) is 4.79 Å². The molecule has 0 unspecified atom stereocenters. The van der Waals surface area contributed by atoms with Crippen LogP contribution in [0.2, 0.25) is 0 Å². The molecule has 0 spiro atoms. The summed E-state index contributed by atoms with van der Waals surface area (Å²) in [5.41, 5.74) is 2.17. The highest BCUT2D eigenvalue weighted by atomic mass is 16.6. The fourth-order valence-corrected chi connectivity index (χ4v) is 1.66. The second-order valence-corrected chi connectivity index (χ2v) is 5.67. The molecule has 0 atom stereocenters. The van der Waals surface area contributed by atoms with Crippen molar-refractivity contribution in [1.29, 1.82) is 0 Å². The number of hydrogen-bond donors (Lipinski definition) is 2. The topological polar surface area (TPSA) is 67.4 Å². The Hall–Kier alpha value is -2.04. The van der Waals surface area contributed by atoms with E-state index in [1.165, 1.54) is 0 Å². The van der Waals surface area contributed by atoms with Gasteiger partial charge in [0.25, 0.3) is 0 Å². The first-order valence-corrected chi connectivity index (χ1v) is 6.52. The predicted molar refractivity (Wildman–Crippen MR) is 78.8 cm³/mol. The Morgan fingerprint density at radius 1 is 1.15 bits per heavy atom.